The maximum Gasteiger partial charge on any atom is 0.407 e. The number of alkyl carbamates (subject to hydrolysis) is 1. The molecular formula is C46H58F2N8O6Si. The predicted molar refractivity (Wildman–Crippen MR) is 239 cm³/mol. The summed E-state index contributed by atoms with van der Waals surface area (Å²) < 4.78 is 33.3. The zero-order valence-electron chi connectivity index (χ0n) is 36.9. The number of H-pyrrole nitrogens is 2. The molecule has 0 radical (unpaired) electrons. The highest BCUT2D eigenvalue weighted by atomic mass is 28.3. The molecule has 336 valence electrons. The van der Waals surface area contributed by atoms with Gasteiger partial charge in [-0.2, -0.15) is 0 Å². The molecule has 1 aliphatic heterocycles. The summed E-state index contributed by atoms with van der Waals surface area (Å²) in [5.41, 5.74) is 5.24. The normalized spacial score (nSPS) is 18.5. The van der Waals surface area contributed by atoms with E-state index in [0.29, 0.717) is 23.3 Å². The minimum atomic E-state index is -2.79. The molecule has 3 atom stereocenters. The number of aromatic nitrogens is 4. The van der Waals surface area contributed by atoms with E-state index in [9.17, 15) is 33.1 Å². The third-order valence-electron chi connectivity index (χ3n) is 12.5. The van der Waals surface area contributed by atoms with Crippen LogP contribution >= 0.6 is 0 Å². The molecule has 63 heavy (non-hydrogen) atoms. The first-order chi connectivity index (χ1) is 29.9. The third kappa shape index (κ3) is 9.94. The first-order valence-corrected chi connectivity index (χ1v) is 25.1. The van der Waals surface area contributed by atoms with Crippen LogP contribution in [0.2, 0.25) is 19.1 Å². The van der Waals surface area contributed by atoms with Crippen molar-refractivity contribution in [2.24, 2.45) is 11.8 Å². The average Bonchev–Trinajstić information content (AvgIpc) is 4.00. The predicted octanol–water partition coefficient (Wildman–Crippen LogP) is 7.32. The molecule has 5 N–H and O–H groups in total. The lowest BCUT2D eigenvalue weighted by atomic mass is 9.90. The molecule has 17 heteroatoms. The van der Waals surface area contributed by atoms with Crippen LogP contribution in [0.15, 0.2) is 60.8 Å². The summed E-state index contributed by atoms with van der Waals surface area (Å²) in [4.78, 5) is 72.2. The molecule has 2 fully saturated rings. The van der Waals surface area contributed by atoms with Crippen LogP contribution < -0.4 is 10.6 Å². The highest BCUT2D eigenvalue weighted by Crippen LogP contribution is 2.39. The fourth-order valence-corrected chi connectivity index (χ4v) is 11.9. The number of carbonyl (C=O) groups excluding carboxylic acids is 4. The number of hydrogen-bond acceptors (Lipinski definition) is 8. The molecule has 0 bridgehead atoms. The van der Waals surface area contributed by atoms with Gasteiger partial charge in [-0.1, -0.05) is 83.3 Å². The van der Waals surface area contributed by atoms with Gasteiger partial charge in [-0.15, -0.1) is 0 Å². The Labute approximate surface area is 366 Å². The number of carbonyl (C=O) groups is 4. The molecule has 1 saturated heterocycles. The first-order valence-electron chi connectivity index (χ1n) is 21.7. The van der Waals surface area contributed by atoms with Gasteiger partial charge in [-0.3, -0.25) is 14.4 Å². The molecule has 5 aromatic rings. The molecule has 3 aromatic carbocycles. The van der Waals surface area contributed by atoms with E-state index in [2.05, 4.69) is 51.9 Å². The SMILES string of the molecule is COC(=O)NC(C(=O)N1C[Si](C)(C)CC1c1ncc(-c2ccc(-c3ccc4c(ccc5[nH]c(CN(C(=O)C(NC(=O)CO)C(C)C)C6CCC(F)(F)CC6)nc54)c3)cc2)[nH]1)C(C)C. The van der Waals surface area contributed by atoms with Crippen LogP contribution in [0.4, 0.5) is 13.6 Å². The Bertz CT molecular complexity index is 2480. The highest BCUT2D eigenvalue weighted by molar-refractivity contribution is 6.78. The molecule has 2 aromatic heterocycles. The largest absolute Gasteiger partial charge is 0.453 e. The molecule has 14 nitrogen and oxygen atoms in total. The number of methoxy groups -OCH3 is 1. The van der Waals surface area contributed by atoms with E-state index in [1.165, 1.54) is 7.11 Å². The molecule has 2 aliphatic rings. The summed E-state index contributed by atoms with van der Waals surface area (Å²) >= 11 is 0. The Balaban J connectivity index is 1.10. The Morgan fingerprint density at radius 3 is 2.25 bits per heavy atom. The minimum Gasteiger partial charge on any atom is -0.453 e. The van der Waals surface area contributed by atoms with Crippen molar-refractivity contribution in [3.05, 3.63) is 72.4 Å². The van der Waals surface area contributed by atoms with Crippen LogP contribution in [-0.2, 0) is 25.7 Å². The second-order valence-electron chi connectivity index (χ2n) is 18.5. The second kappa shape index (κ2) is 18.2. The van der Waals surface area contributed by atoms with Crippen molar-refractivity contribution in [3.8, 4) is 22.4 Å². The zero-order valence-corrected chi connectivity index (χ0v) is 37.9. The van der Waals surface area contributed by atoms with Gasteiger partial charge in [0.25, 0.3) is 0 Å². The van der Waals surface area contributed by atoms with Gasteiger partial charge in [0.05, 0.1) is 50.7 Å². The first kappa shape index (κ1) is 45.3. The number of aliphatic hydroxyl groups excluding tert-OH is 1. The van der Waals surface area contributed by atoms with E-state index in [0.717, 1.165) is 44.7 Å². The summed E-state index contributed by atoms with van der Waals surface area (Å²) in [5, 5.41) is 16.6. The lowest BCUT2D eigenvalue weighted by Crippen LogP contribution is -2.55. The monoisotopic (exact) mass is 884 g/mol. The number of aromatic amines is 2. The van der Waals surface area contributed by atoms with Crippen LogP contribution in [0.1, 0.15) is 71.1 Å². The topological polar surface area (TPSA) is 186 Å². The number of aliphatic hydroxyl groups is 1. The fraction of sp³-hybridized carbons (Fsp3) is 0.478. The number of halogens is 2. The maximum atomic E-state index is 14.2. The molecule has 4 amide bonds. The van der Waals surface area contributed by atoms with E-state index in [1.807, 2.05) is 55.1 Å². The quantitative estimate of drug-likeness (QED) is 0.0762. The number of fused-ring (bicyclic) bond motifs is 3. The van der Waals surface area contributed by atoms with E-state index in [1.54, 1.807) is 24.9 Å². The number of nitrogens with zero attached hydrogens (tertiary/aromatic N) is 4. The number of rotatable bonds is 13. The van der Waals surface area contributed by atoms with E-state index < -0.39 is 56.6 Å². The smallest absolute Gasteiger partial charge is 0.407 e. The van der Waals surface area contributed by atoms with Crippen molar-refractivity contribution >= 4 is 53.7 Å². The van der Waals surface area contributed by atoms with Crippen molar-refractivity contribution < 1.29 is 37.8 Å². The molecule has 1 aliphatic carbocycles. The summed E-state index contributed by atoms with van der Waals surface area (Å²) in [6.07, 6.45) is 1.38. The Morgan fingerprint density at radius 1 is 0.937 bits per heavy atom. The third-order valence-corrected chi connectivity index (χ3v) is 15.2. The summed E-state index contributed by atoms with van der Waals surface area (Å²) in [6.45, 7) is 11.2. The van der Waals surface area contributed by atoms with E-state index >= 15 is 0 Å². The van der Waals surface area contributed by atoms with Crippen LogP contribution in [0.5, 0.6) is 0 Å². The number of amides is 4. The summed E-state index contributed by atoms with van der Waals surface area (Å²) in [6, 6.07) is 16.7. The molecule has 1 saturated carbocycles. The van der Waals surface area contributed by atoms with Crippen molar-refractivity contribution in [2.45, 2.75) is 109 Å². The lowest BCUT2D eigenvalue weighted by Gasteiger charge is -2.39. The fourth-order valence-electron chi connectivity index (χ4n) is 9.02. The second-order valence-corrected chi connectivity index (χ2v) is 23.6. The number of alkyl halides is 2. The van der Waals surface area contributed by atoms with Gasteiger partial charge in [0, 0.05) is 30.4 Å². The Morgan fingerprint density at radius 2 is 1.60 bits per heavy atom. The van der Waals surface area contributed by atoms with Crippen LogP contribution in [-0.4, -0.2) is 111 Å². The van der Waals surface area contributed by atoms with Gasteiger partial charge in [0.1, 0.15) is 30.3 Å². The van der Waals surface area contributed by atoms with Crippen molar-refractivity contribution in [3.63, 3.8) is 0 Å². The van der Waals surface area contributed by atoms with Crippen LogP contribution in [0.25, 0.3) is 44.2 Å². The maximum absolute atomic E-state index is 14.2. The number of ether oxygens (including phenoxy) is 1. The molecule has 3 heterocycles. The zero-order chi connectivity index (χ0) is 45.4. The van der Waals surface area contributed by atoms with Gasteiger partial charge < -0.3 is 40.2 Å². The van der Waals surface area contributed by atoms with E-state index in [4.69, 9.17) is 14.7 Å². The van der Waals surface area contributed by atoms with Gasteiger partial charge in [-0.05, 0) is 64.9 Å². The molecular weight excluding hydrogens is 827 g/mol. The van der Waals surface area contributed by atoms with Crippen LogP contribution in [0, 0.1) is 11.8 Å². The molecule has 3 unspecified atom stereocenters. The van der Waals surface area contributed by atoms with Gasteiger partial charge in [0.15, 0.2) is 0 Å². The number of nitrogens with one attached hydrogen (secondary N) is 4. The number of benzene rings is 3. The highest BCUT2D eigenvalue weighted by Gasteiger charge is 2.46. The number of hydrogen-bond donors (Lipinski definition) is 5. The van der Waals surface area contributed by atoms with Gasteiger partial charge in [0.2, 0.25) is 23.6 Å². The lowest BCUT2D eigenvalue weighted by molar-refractivity contribution is -0.143. The number of imidazole rings is 2. The van der Waals surface area contributed by atoms with Crippen LogP contribution in [0.3, 0.4) is 0 Å². The molecule has 0 spiro atoms. The van der Waals surface area contributed by atoms with Crippen molar-refractivity contribution in [1.29, 1.82) is 0 Å². The van der Waals surface area contributed by atoms with Crippen molar-refractivity contribution in [1.82, 2.24) is 40.4 Å². The van der Waals surface area contributed by atoms with Gasteiger partial charge >= 0.3 is 6.09 Å². The summed E-state index contributed by atoms with van der Waals surface area (Å²) in [5.74, 6) is -3.25. The average molecular weight is 885 g/mol. The Kier molecular flexibility index (Phi) is 13.1. The van der Waals surface area contributed by atoms with E-state index in [-0.39, 0.29) is 56.0 Å². The summed E-state index contributed by atoms with van der Waals surface area (Å²) in [7, 11) is -0.496. The van der Waals surface area contributed by atoms with Gasteiger partial charge in [-0.25, -0.2) is 23.5 Å². The minimum absolute atomic E-state index is 0.0373. The standard InChI is InChI=1S/C46H58F2N8O6Si/c1-26(2)39(53-38(58)23-57)43(59)55(32-16-18-46(47,48)19-17-32)22-37-50-34-15-13-31-20-30(12-14-33(31)41(34)52-37)28-8-10-29(11-9-28)35-21-49-42(51-35)36-24-63(6,7)25-56(36)44(60)40(27(3)4)54-45(61)62-5/h8-15,20-21,26-27,32,36,39-40,57H,16-19,22-25H2,1-7H3,(H,49,51)(H,50,52)(H,53,58)(H,54,61). The molecule has 7 rings (SSSR count). The van der Waals surface area contributed by atoms with Crippen molar-refractivity contribution in [2.75, 3.05) is 19.9 Å². The Hall–Kier alpha value is -5.68.